The van der Waals surface area contributed by atoms with E-state index in [0.29, 0.717) is 0 Å². The summed E-state index contributed by atoms with van der Waals surface area (Å²) in [4.78, 5) is 13.0. The van der Waals surface area contributed by atoms with Gasteiger partial charge in [-0.3, -0.25) is 4.79 Å². The van der Waals surface area contributed by atoms with Gasteiger partial charge in [-0.15, -0.1) is 0 Å². The number of aromatic nitrogens is 1. The molecule has 0 saturated carbocycles. The molecule has 18 heavy (non-hydrogen) atoms. The lowest BCUT2D eigenvalue weighted by Crippen LogP contribution is -2.11. The standard InChI is InChI=1S/C11H6Cl2F3NO/c12-10(13)7-4-8(18)5-2-1-3-6(9(5)17-7)11(14,15)16/h1-4,10H,(H,17,18). The molecule has 0 radical (unpaired) electrons. The van der Waals surface area contributed by atoms with Crippen molar-refractivity contribution in [2.45, 2.75) is 11.0 Å². The van der Waals surface area contributed by atoms with Crippen LogP contribution in [0.5, 0.6) is 0 Å². The molecule has 0 atom stereocenters. The molecule has 1 heterocycles. The topological polar surface area (TPSA) is 32.9 Å². The van der Waals surface area contributed by atoms with Crippen molar-refractivity contribution >= 4 is 34.1 Å². The molecule has 0 unspecified atom stereocenters. The van der Waals surface area contributed by atoms with Gasteiger partial charge < -0.3 is 4.98 Å². The second-order valence-corrected chi connectivity index (χ2v) is 4.71. The van der Waals surface area contributed by atoms with Crippen LogP contribution < -0.4 is 5.43 Å². The molecule has 0 aliphatic carbocycles. The number of fused-ring (bicyclic) bond motifs is 1. The molecular formula is C11H6Cl2F3NO. The van der Waals surface area contributed by atoms with Gasteiger partial charge >= 0.3 is 6.18 Å². The van der Waals surface area contributed by atoms with Crippen molar-refractivity contribution in [1.82, 2.24) is 4.98 Å². The van der Waals surface area contributed by atoms with E-state index in [2.05, 4.69) is 4.98 Å². The summed E-state index contributed by atoms with van der Waals surface area (Å²) in [6.45, 7) is 0. The lowest BCUT2D eigenvalue weighted by atomic mass is 10.1. The fraction of sp³-hybridized carbons (Fsp3) is 0.182. The van der Waals surface area contributed by atoms with E-state index in [1.54, 1.807) is 0 Å². The zero-order chi connectivity index (χ0) is 13.5. The number of aromatic amines is 1. The Bertz CT molecular complexity index is 649. The smallest absolute Gasteiger partial charge is 0.355 e. The number of nitrogens with one attached hydrogen (secondary N) is 1. The van der Waals surface area contributed by atoms with Crippen molar-refractivity contribution in [3.63, 3.8) is 0 Å². The number of hydrogen-bond acceptors (Lipinski definition) is 1. The highest BCUT2D eigenvalue weighted by atomic mass is 35.5. The highest BCUT2D eigenvalue weighted by Crippen LogP contribution is 2.34. The molecule has 7 heteroatoms. The van der Waals surface area contributed by atoms with E-state index < -0.39 is 22.0 Å². The van der Waals surface area contributed by atoms with Crippen LogP contribution in [0, 0.1) is 0 Å². The Hall–Kier alpha value is -1.20. The van der Waals surface area contributed by atoms with Crippen LogP contribution in [0.25, 0.3) is 10.9 Å². The minimum absolute atomic E-state index is 0.0348. The Morgan fingerprint density at radius 3 is 2.44 bits per heavy atom. The first-order valence-electron chi connectivity index (χ1n) is 4.82. The third kappa shape index (κ3) is 2.33. The van der Waals surface area contributed by atoms with Gasteiger partial charge in [0.15, 0.2) is 5.43 Å². The Morgan fingerprint density at radius 2 is 1.89 bits per heavy atom. The number of para-hydroxylation sites is 1. The molecule has 0 bridgehead atoms. The quantitative estimate of drug-likeness (QED) is 0.792. The van der Waals surface area contributed by atoms with Crippen molar-refractivity contribution < 1.29 is 13.2 Å². The Balaban J connectivity index is 2.87. The molecule has 0 fully saturated rings. The summed E-state index contributed by atoms with van der Waals surface area (Å²) in [5.74, 6) is 0. The summed E-state index contributed by atoms with van der Waals surface area (Å²) >= 11 is 11.1. The molecule has 1 aromatic heterocycles. The van der Waals surface area contributed by atoms with Gasteiger partial charge in [-0.2, -0.15) is 13.2 Å². The fourth-order valence-electron chi connectivity index (χ4n) is 1.65. The lowest BCUT2D eigenvalue weighted by molar-refractivity contribution is -0.136. The molecule has 1 aromatic carbocycles. The highest BCUT2D eigenvalue weighted by molar-refractivity contribution is 6.43. The van der Waals surface area contributed by atoms with E-state index in [9.17, 15) is 18.0 Å². The van der Waals surface area contributed by atoms with Crippen LogP contribution >= 0.6 is 23.2 Å². The second-order valence-electron chi connectivity index (χ2n) is 3.62. The van der Waals surface area contributed by atoms with Gasteiger partial charge in [-0.1, -0.05) is 29.3 Å². The highest BCUT2D eigenvalue weighted by Gasteiger charge is 2.33. The summed E-state index contributed by atoms with van der Waals surface area (Å²) in [6, 6.07) is 4.47. The first kappa shape index (κ1) is 13.2. The number of halogens is 5. The van der Waals surface area contributed by atoms with Crippen molar-refractivity contribution in [2.75, 3.05) is 0 Å². The van der Waals surface area contributed by atoms with Crippen molar-refractivity contribution in [1.29, 1.82) is 0 Å². The number of H-pyrrole nitrogens is 1. The summed E-state index contributed by atoms with van der Waals surface area (Å²) in [5, 5.41) is -0.0532. The third-order valence-electron chi connectivity index (χ3n) is 2.43. The summed E-state index contributed by atoms with van der Waals surface area (Å²) in [5.41, 5.74) is -1.75. The summed E-state index contributed by atoms with van der Waals surface area (Å²) < 4.78 is 38.4. The van der Waals surface area contributed by atoms with E-state index in [0.717, 1.165) is 12.1 Å². The number of rotatable bonds is 1. The van der Waals surface area contributed by atoms with Crippen molar-refractivity contribution in [3.05, 3.63) is 45.7 Å². The van der Waals surface area contributed by atoms with Crippen molar-refractivity contribution in [3.8, 4) is 0 Å². The van der Waals surface area contributed by atoms with E-state index in [-0.39, 0.29) is 16.6 Å². The minimum Gasteiger partial charge on any atom is -0.355 e. The number of hydrogen-bond donors (Lipinski definition) is 1. The Labute approximate surface area is 109 Å². The first-order valence-corrected chi connectivity index (χ1v) is 5.69. The van der Waals surface area contributed by atoms with Crippen LogP contribution in [0.2, 0.25) is 0 Å². The average Bonchev–Trinajstić information content (AvgIpc) is 2.26. The average molecular weight is 296 g/mol. The van der Waals surface area contributed by atoms with Gasteiger partial charge in [0.05, 0.1) is 16.8 Å². The summed E-state index contributed by atoms with van der Waals surface area (Å²) in [7, 11) is 0. The molecule has 2 rings (SSSR count). The maximum atomic E-state index is 12.8. The molecule has 0 amide bonds. The van der Waals surface area contributed by atoms with Crippen LogP contribution in [0.3, 0.4) is 0 Å². The van der Waals surface area contributed by atoms with E-state index >= 15 is 0 Å². The molecular weight excluding hydrogens is 290 g/mol. The zero-order valence-corrected chi connectivity index (χ0v) is 10.2. The summed E-state index contributed by atoms with van der Waals surface area (Å²) in [6.07, 6.45) is -4.56. The lowest BCUT2D eigenvalue weighted by Gasteiger charge is -2.11. The number of alkyl halides is 5. The van der Waals surface area contributed by atoms with Gasteiger partial charge in [0.1, 0.15) is 4.84 Å². The normalized spacial score (nSPS) is 12.3. The van der Waals surface area contributed by atoms with E-state index in [1.165, 1.54) is 12.1 Å². The Morgan fingerprint density at radius 1 is 1.22 bits per heavy atom. The van der Waals surface area contributed by atoms with Crippen LogP contribution in [0.15, 0.2) is 29.1 Å². The van der Waals surface area contributed by atoms with Crippen molar-refractivity contribution in [2.24, 2.45) is 0 Å². The zero-order valence-electron chi connectivity index (χ0n) is 8.68. The third-order valence-corrected chi connectivity index (χ3v) is 2.90. The molecule has 1 N–H and O–H groups in total. The first-order chi connectivity index (χ1) is 8.30. The molecule has 0 saturated heterocycles. The second kappa shape index (κ2) is 4.48. The van der Waals surface area contributed by atoms with Crippen LogP contribution in [-0.2, 0) is 6.18 Å². The monoisotopic (exact) mass is 295 g/mol. The van der Waals surface area contributed by atoms with Gasteiger partial charge in [0, 0.05) is 11.5 Å². The molecule has 2 nitrogen and oxygen atoms in total. The van der Waals surface area contributed by atoms with Crippen LogP contribution in [0.4, 0.5) is 13.2 Å². The van der Waals surface area contributed by atoms with E-state index in [4.69, 9.17) is 23.2 Å². The molecule has 0 aliphatic heterocycles. The number of benzene rings is 1. The molecule has 2 aromatic rings. The van der Waals surface area contributed by atoms with Gasteiger partial charge in [-0.25, -0.2) is 0 Å². The maximum Gasteiger partial charge on any atom is 0.418 e. The predicted octanol–water partition coefficient (Wildman–Crippen LogP) is 4.02. The van der Waals surface area contributed by atoms with E-state index in [1.807, 2.05) is 0 Å². The van der Waals surface area contributed by atoms with Gasteiger partial charge in [-0.05, 0) is 12.1 Å². The fourth-order valence-corrected chi connectivity index (χ4v) is 1.88. The van der Waals surface area contributed by atoms with Gasteiger partial charge in [0.25, 0.3) is 0 Å². The van der Waals surface area contributed by atoms with Crippen LogP contribution in [-0.4, -0.2) is 4.98 Å². The minimum atomic E-state index is -4.56. The number of pyridine rings is 1. The van der Waals surface area contributed by atoms with Gasteiger partial charge in [0.2, 0.25) is 0 Å². The molecule has 0 aliphatic rings. The van der Waals surface area contributed by atoms with Crippen LogP contribution in [0.1, 0.15) is 16.1 Å². The molecule has 0 spiro atoms. The maximum absolute atomic E-state index is 12.8. The predicted molar refractivity (Wildman–Crippen MR) is 64.0 cm³/mol. The largest absolute Gasteiger partial charge is 0.418 e. The Kier molecular flexibility index (Phi) is 3.29. The SMILES string of the molecule is O=c1cc(C(Cl)Cl)[nH]c2c(C(F)(F)F)cccc12. The molecule has 96 valence electrons.